The van der Waals surface area contributed by atoms with Crippen LogP contribution in [-0.4, -0.2) is 17.3 Å². The van der Waals surface area contributed by atoms with Gasteiger partial charge in [-0.1, -0.05) is 5.57 Å². The number of nitrogens with one attached hydrogen (secondary N) is 1. The van der Waals surface area contributed by atoms with Crippen molar-refractivity contribution in [1.82, 2.24) is 15.6 Å². The van der Waals surface area contributed by atoms with Crippen LogP contribution in [0.25, 0.3) is 0 Å². The maximum Gasteiger partial charge on any atom is 0.233 e. The Morgan fingerprint density at radius 1 is 1.56 bits per heavy atom. The second-order valence-electron chi connectivity index (χ2n) is 3.72. The Hall–Kier alpha value is -1.46. The molecule has 1 heterocycles. The quantitative estimate of drug-likeness (QED) is 0.432. The zero-order valence-electron chi connectivity index (χ0n) is 9.73. The molecule has 1 rings (SSSR count). The number of ether oxygens (including phenoxy) is 1. The molecule has 1 aromatic rings. The van der Waals surface area contributed by atoms with E-state index in [1.165, 1.54) is 0 Å². The van der Waals surface area contributed by atoms with Gasteiger partial charge in [-0.25, -0.2) is 0 Å². The predicted octanol–water partition coefficient (Wildman–Crippen LogP) is 1.35. The lowest BCUT2D eigenvalue weighted by Crippen LogP contribution is -2.28. The van der Waals surface area contributed by atoms with E-state index in [2.05, 4.69) is 22.2 Å². The van der Waals surface area contributed by atoms with Crippen molar-refractivity contribution >= 4 is 0 Å². The summed E-state index contributed by atoms with van der Waals surface area (Å²) < 4.78 is 4.94. The molecule has 0 fully saturated rings. The minimum atomic E-state index is -0.00453. The fraction of sp³-hybridized carbons (Fsp3) is 0.455. The second kappa shape index (κ2) is 6.19. The van der Waals surface area contributed by atoms with E-state index >= 15 is 0 Å². The monoisotopic (exact) mass is 222 g/mol. The summed E-state index contributed by atoms with van der Waals surface area (Å²) in [5, 5.41) is 7.95. The topological polar surface area (TPSA) is 73.1 Å². The van der Waals surface area contributed by atoms with Gasteiger partial charge < -0.3 is 4.74 Å². The van der Waals surface area contributed by atoms with Gasteiger partial charge in [-0.2, -0.15) is 5.10 Å². The van der Waals surface area contributed by atoms with E-state index in [1.54, 1.807) is 13.2 Å². The third-order valence-electron chi connectivity index (χ3n) is 2.29. The number of nitrogens with zero attached hydrogens (tertiary/aromatic N) is 2. The van der Waals surface area contributed by atoms with Crippen LogP contribution in [0.2, 0.25) is 0 Å². The van der Waals surface area contributed by atoms with E-state index in [0.717, 1.165) is 24.1 Å². The highest BCUT2D eigenvalue weighted by molar-refractivity contribution is 5.14. The number of nitrogens with two attached hydrogens (primary N) is 1. The Kier molecular flexibility index (Phi) is 4.88. The Balaban J connectivity index is 2.66. The molecular formula is C11H18N4O. The molecule has 0 spiro atoms. The summed E-state index contributed by atoms with van der Waals surface area (Å²) in [6.45, 7) is 5.85. The van der Waals surface area contributed by atoms with Crippen molar-refractivity contribution in [2.75, 3.05) is 7.11 Å². The number of aromatic nitrogens is 2. The molecule has 16 heavy (non-hydrogen) atoms. The molecule has 1 atom stereocenters. The normalized spacial score (nSPS) is 12.2. The van der Waals surface area contributed by atoms with Crippen LogP contribution < -0.4 is 16.0 Å². The van der Waals surface area contributed by atoms with E-state index in [0.29, 0.717) is 5.88 Å². The zero-order valence-corrected chi connectivity index (χ0v) is 9.73. The van der Waals surface area contributed by atoms with Crippen LogP contribution in [-0.2, 0) is 0 Å². The summed E-state index contributed by atoms with van der Waals surface area (Å²) in [7, 11) is 1.56. The molecule has 0 saturated carbocycles. The SMILES string of the molecule is C=C(C)CCC(NN)c1ccc(OC)nn1. The molecule has 0 aliphatic rings. The third-order valence-corrected chi connectivity index (χ3v) is 2.29. The molecule has 0 aromatic carbocycles. The van der Waals surface area contributed by atoms with E-state index < -0.39 is 0 Å². The molecule has 0 bridgehead atoms. The van der Waals surface area contributed by atoms with Gasteiger partial charge in [-0.05, 0) is 25.8 Å². The number of hydrogen-bond donors (Lipinski definition) is 2. The van der Waals surface area contributed by atoms with Crippen molar-refractivity contribution in [3.63, 3.8) is 0 Å². The van der Waals surface area contributed by atoms with Crippen molar-refractivity contribution in [2.45, 2.75) is 25.8 Å². The summed E-state index contributed by atoms with van der Waals surface area (Å²) in [4.78, 5) is 0. The number of hydrazine groups is 1. The maximum atomic E-state index is 5.48. The van der Waals surface area contributed by atoms with Crippen LogP contribution >= 0.6 is 0 Å². The van der Waals surface area contributed by atoms with Crippen molar-refractivity contribution in [3.05, 3.63) is 30.0 Å². The van der Waals surface area contributed by atoms with Gasteiger partial charge in [-0.15, -0.1) is 11.7 Å². The summed E-state index contributed by atoms with van der Waals surface area (Å²) in [5.41, 5.74) is 4.66. The molecule has 1 aromatic heterocycles. The van der Waals surface area contributed by atoms with Gasteiger partial charge in [0.25, 0.3) is 0 Å². The van der Waals surface area contributed by atoms with Crippen LogP contribution in [0.5, 0.6) is 5.88 Å². The van der Waals surface area contributed by atoms with E-state index in [4.69, 9.17) is 10.6 Å². The second-order valence-corrected chi connectivity index (χ2v) is 3.72. The molecule has 0 aliphatic heterocycles. The van der Waals surface area contributed by atoms with Gasteiger partial charge in [0.2, 0.25) is 5.88 Å². The summed E-state index contributed by atoms with van der Waals surface area (Å²) >= 11 is 0. The van der Waals surface area contributed by atoms with Crippen LogP contribution in [0.4, 0.5) is 0 Å². The van der Waals surface area contributed by atoms with Gasteiger partial charge >= 0.3 is 0 Å². The van der Waals surface area contributed by atoms with Gasteiger partial charge in [0.05, 0.1) is 18.8 Å². The molecule has 0 amide bonds. The van der Waals surface area contributed by atoms with E-state index in [-0.39, 0.29) is 6.04 Å². The van der Waals surface area contributed by atoms with Gasteiger partial charge in [0, 0.05) is 6.07 Å². The summed E-state index contributed by atoms with van der Waals surface area (Å²) in [6.07, 6.45) is 1.76. The van der Waals surface area contributed by atoms with Crippen molar-refractivity contribution < 1.29 is 4.74 Å². The highest BCUT2D eigenvalue weighted by atomic mass is 16.5. The first-order chi connectivity index (χ1) is 7.67. The Morgan fingerprint density at radius 2 is 2.31 bits per heavy atom. The van der Waals surface area contributed by atoms with Crippen LogP contribution in [0.3, 0.4) is 0 Å². The smallest absolute Gasteiger partial charge is 0.233 e. The highest BCUT2D eigenvalue weighted by Gasteiger charge is 2.11. The largest absolute Gasteiger partial charge is 0.480 e. The third kappa shape index (κ3) is 3.60. The average Bonchev–Trinajstić information content (AvgIpc) is 2.30. The lowest BCUT2D eigenvalue weighted by atomic mass is 10.1. The van der Waals surface area contributed by atoms with Gasteiger partial charge in [0.15, 0.2) is 0 Å². The maximum absolute atomic E-state index is 5.48. The minimum absolute atomic E-state index is 0.00453. The summed E-state index contributed by atoms with van der Waals surface area (Å²) in [5.74, 6) is 5.98. The van der Waals surface area contributed by atoms with Gasteiger partial charge in [0.1, 0.15) is 0 Å². The summed E-state index contributed by atoms with van der Waals surface area (Å²) in [6, 6.07) is 3.62. The van der Waals surface area contributed by atoms with Crippen LogP contribution in [0.1, 0.15) is 31.5 Å². The molecule has 0 saturated heterocycles. The van der Waals surface area contributed by atoms with E-state index in [1.807, 2.05) is 13.0 Å². The standard InChI is InChI=1S/C11H18N4O/c1-8(2)4-5-9(13-12)10-6-7-11(16-3)15-14-10/h6-7,9,13H,1,4-5,12H2,2-3H3. The average molecular weight is 222 g/mol. The van der Waals surface area contributed by atoms with Crippen molar-refractivity contribution in [3.8, 4) is 5.88 Å². The molecule has 88 valence electrons. The lowest BCUT2D eigenvalue weighted by molar-refractivity contribution is 0.388. The Bertz CT molecular complexity index is 336. The number of allylic oxidation sites excluding steroid dienone is 1. The first-order valence-corrected chi connectivity index (χ1v) is 5.15. The fourth-order valence-corrected chi connectivity index (χ4v) is 1.33. The van der Waals surface area contributed by atoms with E-state index in [9.17, 15) is 0 Å². The molecular weight excluding hydrogens is 204 g/mol. The molecule has 0 radical (unpaired) electrons. The van der Waals surface area contributed by atoms with Crippen LogP contribution in [0, 0.1) is 0 Å². The lowest BCUT2D eigenvalue weighted by Gasteiger charge is -2.14. The molecule has 1 unspecified atom stereocenters. The zero-order chi connectivity index (χ0) is 12.0. The predicted molar refractivity (Wildman–Crippen MR) is 62.7 cm³/mol. The van der Waals surface area contributed by atoms with Crippen molar-refractivity contribution in [2.24, 2.45) is 5.84 Å². The van der Waals surface area contributed by atoms with Gasteiger partial charge in [-0.3, -0.25) is 11.3 Å². The first kappa shape index (κ1) is 12.6. The molecule has 5 nitrogen and oxygen atoms in total. The fourth-order valence-electron chi connectivity index (χ4n) is 1.33. The Labute approximate surface area is 95.7 Å². The number of methoxy groups -OCH3 is 1. The van der Waals surface area contributed by atoms with Crippen molar-refractivity contribution in [1.29, 1.82) is 0 Å². The molecule has 0 aliphatic carbocycles. The highest BCUT2D eigenvalue weighted by Crippen LogP contribution is 2.18. The molecule has 3 N–H and O–H groups in total. The minimum Gasteiger partial charge on any atom is -0.480 e. The Morgan fingerprint density at radius 3 is 2.75 bits per heavy atom. The van der Waals surface area contributed by atoms with Crippen LogP contribution in [0.15, 0.2) is 24.3 Å². The number of hydrogen-bond acceptors (Lipinski definition) is 5. The first-order valence-electron chi connectivity index (χ1n) is 5.15. The number of rotatable bonds is 6. The molecule has 5 heteroatoms.